The molecule has 0 aliphatic rings. The van der Waals surface area contributed by atoms with Crippen LogP contribution in [0.4, 0.5) is 5.69 Å². The Morgan fingerprint density at radius 1 is 1.24 bits per heavy atom. The van der Waals surface area contributed by atoms with Gasteiger partial charge in [0.2, 0.25) is 10.0 Å². The topological polar surface area (TPSA) is 83.6 Å². The number of phenolic OH excluding ortho intramolecular Hbond substituents is 1. The van der Waals surface area contributed by atoms with E-state index < -0.39 is 10.0 Å². The number of halogens is 1. The number of sulfonamides is 1. The molecule has 0 saturated heterocycles. The van der Waals surface area contributed by atoms with E-state index in [1.54, 1.807) is 18.2 Å². The number of rotatable bonds is 4. The van der Waals surface area contributed by atoms with E-state index in [4.69, 9.17) is 17.3 Å². The fourth-order valence-electron chi connectivity index (χ4n) is 1.85. The molecule has 7 heteroatoms. The summed E-state index contributed by atoms with van der Waals surface area (Å²) >= 11 is 5.95. The number of hydrogen-bond donors (Lipinski definition) is 2. The van der Waals surface area contributed by atoms with E-state index in [1.807, 2.05) is 0 Å². The lowest BCUT2D eigenvalue weighted by atomic mass is 10.2. The van der Waals surface area contributed by atoms with Crippen LogP contribution in [0.3, 0.4) is 0 Å². The van der Waals surface area contributed by atoms with Crippen LogP contribution in [0.2, 0.25) is 5.02 Å². The van der Waals surface area contributed by atoms with Gasteiger partial charge in [-0.2, -0.15) is 4.31 Å². The van der Waals surface area contributed by atoms with E-state index in [9.17, 15) is 13.5 Å². The fraction of sp³-hybridized carbons (Fsp3) is 0.143. The molecular formula is C14H15ClN2O3S. The van der Waals surface area contributed by atoms with Crippen molar-refractivity contribution in [3.63, 3.8) is 0 Å². The third kappa shape index (κ3) is 3.29. The minimum absolute atomic E-state index is 0.0279. The molecule has 0 aliphatic heterocycles. The minimum atomic E-state index is -3.80. The van der Waals surface area contributed by atoms with E-state index >= 15 is 0 Å². The molecule has 0 unspecified atom stereocenters. The van der Waals surface area contributed by atoms with Gasteiger partial charge in [0.05, 0.1) is 5.02 Å². The first-order valence-corrected chi connectivity index (χ1v) is 7.92. The number of nitrogens with zero attached hydrogens (tertiary/aromatic N) is 1. The highest BCUT2D eigenvalue weighted by atomic mass is 35.5. The van der Waals surface area contributed by atoms with Gasteiger partial charge in [-0.25, -0.2) is 8.42 Å². The van der Waals surface area contributed by atoms with Crippen molar-refractivity contribution in [1.29, 1.82) is 0 Å². The maximum atomic E-state index is 12.5. The molecule has 0 bridgehead atoms. The standard InChI is InChI=1S/C14H15ClN2O3S/c1-17(9-10-4-2-3-5-13(10)18)21(19,20)14-8-11(16)6-7-12(14)15/h2-8,18H,9,16H2,1H3. The molecule has 3 N–H and O–H groups in total. The Balaban J connectivity index is 2.35. The summed E-state index contributed by atoms with van der Waals surface area (Å²) in [6.07, 6.45) is 0. The molecule has 0 fully saturated rings. The number of para-hydroxylation sites is 1. The Labute approximate surface area is 128 Å². The SMILES string of the molecule is CN(Cc1ccccc1O)S(=O)(=O)c1cc(N)ccc1Cl. The molecule has 0 aliphatic carbocycles. The lowest BCUT2D eigenvalue weighted by Crippen LogP contribution is -2.26. The number of benzene rings is 2. The molecule has 2 aromatic rings. The highest BCUT2D eigenvalue weighted by Gasteiger charge is 2.24. The number of anilines is 1. The first-order chi connectivity index (χ1) is 9.82. The third-order valence-electron chi connectivity index (χ3n) is 3.03. The predicted molar refractivity (Wildman–Crippen MR) is 82.6 cm³/mol. The van der Waals surface area contributed by atoms with Gasteiger partial charge in [-0.3, -0.25) is 0 Å². The monoisotopic (exact) mass is 326 g/mol. The van der Waals surface area contributed by atoms with Gasteiger partial charge in [0, 0.05) is 24.8 Å². The molecule has 112 valence electrons. The minimum Gasteiger partial charge on any atom is -0.508 e. The molecule has 0 heterocycles. The molecule has 5 nitrogen and oxygen atoms in total. The van der Waals surface area contributed by atoms with Crippen LogP contribution in [0.5, 0.6) is 5.75 Å². The Bertz CT molecular complexity index is 763. The molecule has 0 radical (unpaired) electrons. The van der Waals surface area contributed by atoms with Crippen LogP contribution in [0, 0.1) is 0 Å². The number of hydrogen-bond acceptors (Lipinski definition) is 4. The maximum Gasteiger partial charge on any atom is 0.244 e. The smallest absolute Gasteiger partial charge is 0.244 e. The Morgan fingerprint density at radius 2 is 1.90 bits per heavy atom. The van der Waals surface area contributed by atoms with E-state index in [1.165, 1.54) is 31.3 Å². The van der Waals surface area contributed by atoms with Crippen LogP contribution in [0.1, 0.15) is 5.56 Å². The van der Waals surface area contributed by atoms with Crippen LogP contribution in [0.25, 0.3) is 0 Å². The summed E-state index contributed by atoms with van der Waals surface area (Å²) in [5, 5.41) is 9.83. The van der Waals surface area contributed by atoms with Gasteiger partial charge in [-0.05, 0) is 24.3 Å². The molecule has 21 heavy (non-hydrogen) atoms. The van der Waals surface area contributed by atoms with Gasteiger partial charge in [0.1, 0.15) is 10.6 Å². The van der Waals surface area contributed by atoms with E-state index in [0.29, 0.717) is 11.3 Å². The number of nitrogen functional groups attached to an aromatic ring is 1. The zero-order chi connectivity index (χ0) is 15.6. The molecule has 2 aromatic carbocycles. The molecule has 0 spiro atoms. The Hall–Kier alpha value is -1.76. The number of phenols is 1. The van der Waals surface area contributed by atoms with Crippen LogP contribution in [-0.4, -0.2) is 24.9 Å². The normalized spacial score (nSPS) is 11.8. The number of aromatic hydroxyl groups is 1. The van der Waals surface area contributed by atoms with Crippen molar-refractivity contribution in [2.45, 2.75) is 11.4 Å². The second-order valence-corrected chi connectivity index (χ2v) is 7.00. The summed E-state index contributed by atoms with van der Waals surface area (Å²) in [7, 11) is -2.38. The zero-order valence-electron chi connectivity index (χ0n) is 11.3. The van der Waals surface area contributed by atoms with Gasteiger partial charge < -0.3 is 10.8 Å². The van der Waals surface area contributed by atoms with Crippen LogP contribution in [0.15, 0.2) is 47.4 Å². The molecule has 0 amide bonds. The fourth-order valence-corrected chi connectivity index (χ4v) is 3.51. The first kappa shape index (κ1) is 15.6. The summed E-state index contributed by atoms with van der Waals surface area (Å²) in [5.41, 5.74) is 6.44. The molecule has 0 atom stereocenters. The molecule has 0 aromatic heterocycles. The highest BCUT2D eigenvalue weighted by Crippen LogP contribution is 2.28. The summed E-state index contributed by atoms with van der Waals surface area (Å²) in [6, 6.07) is 10.8. The predicted octanol–water partition coefficient (Wildman–Crippen LogP) is 2.45. The second kappa shape index (κ2) is 5.93. The lowest BCUT2D eigenvalue weighted by Gasteiger charge is -2.19. The van der Waals surface area contributed by atoms with E-state index in [-0.39, 0.29) is 22.2 Å². The quantitative estimate of drug-likeness (QED) is 0.845. The van der Waals surface area contributed by atoms with E-state index in [2.05, 4.69) is 0 Å². The van der Waals surface area contributed by atoms with Gasteiger partial charge in [0.15, 0.2) is 0 Å². The van der Waals surface area contributed by atoms with Crippen molar-refractivity contribution in [1.82, 2.24) is 4.31 Å². The largest absolute Gasteiger partial charge is 0.508 e. The second-order valence-electron chi connectivity index (χ2n) is 4.58. The van der Waals surface area contributed by atoms with Crippen molar-refractivity contribution in [3.8, 4) is 5.75 Å². The van der Waals surface area contributed by atoms with Gasteiger partial charge in [0.25, 0.3) is 0 Å². The van der Waals surface area contributed by atoms with Crippen molar-refractivity contribution in [3.05, 3.63) is 53.1 Å². The Kier molecular flexibility index (Phi) is 4.41. The average Bonchev–Trinajstić information content (AvgIpc) is 2.43. The molecule has 0 saturated carbocycles. The molecular weight excluding hydrogens is 312 g/mol. The Morgan fingerprint density at radius 3 is 2.57 bits per heavy atom. The summed E-state index contributed by atoms with van der Waals surface area (Å²) in [5.74, 6) is 0.0400. The van der Waals surface area contributed by atoms with Crippen molar-refractivity contribution >= 4 is 27.3 Å². The van der Waals surface area contributed by atoms with Crippen LogP contribution >= 0.6 is 11.6 Å². The molecule has 2 rings (SSSR count). The van der Waals surface area contributed by atoms with Crippen LogP contribution in [-0.2, 0) is 16.6 Å². The van der Waals surface area contributed by atoms with Crippen molar-refractivity contribution in [2.24, 2.45) is 0 Å². The average molecular weight is 327 g/mol. The summed E-state index contributed by atoms with van der Waals surface area (Å²) in [6.45, 7) is 0.0279. The van der Waals surface area contributed by atoms with Crippen molar-refractivity contribution in [2.75, 3.05) is 12.8 Å². The van der Waals surface area contributed by atoms with Gasteiger partial charge in [-0.1, -0.05) is 29.8 Å². The first-order valence-electron chi connectivity index (χ1n) is 6.10. The van der Waals surface area contributed by atoms with Gasteiger partial charge in [-0.15, -0.1) is 0 Å². The van der Waals surface area contributed by atoms with Crippen LogP contribution < -0.4 is 5.73 Å². The lowest BCUT2D eigenvalue weighted by molar-refractivity contribution is 0.436. The summed E-state index contributed by atoms with van der Waals surface area (Å²) < 4.78 is 26.2. The highest BCUT2D eigenvalue weighted by molar-refractivity contribution is 7.89. The third-order valence-corrected chi connectivity index (χ3v) is 5.31. The van der Waals surface area contributed by atoms with E-state index in [0.717, 1.165) is 4.31 Å². The summed E-state index contributed by atoms with van der Waals surface area (Å²) in [4.78, 5) is -0.0536. The zero-order valence-corrected chi connectivity index (χ0v) is 12.9. The number of nitrogens with two attached hydrogens (primary N) is 1. The maximum absolute atomic E-state index is 12.5. The van der Waals surface area contributed by atoms with Crippen molar-refractivity contribution < 1.29 is 13.5 Å². The van der Waals surface area contributed by atoms with Gasteiger partial charge >= 0.3 is 0 Å².